The van der Waals surface area contributed by atoms with Crippen molar-refractivity contribution in [2.45, 2.75) is 31.6 Å². The van der Waals surface area contributed by atoms with Crippen molar-refractivity contribution in [3.05, 3.63) is 23.7 Å². The third kappa shape index (κ3) is 2.78. The fourth-order valence-electron chi connectivity index (χ4n) is 2.18. The average Bonchev–Trinajstić information content (AvgIpc) is 3.12. The Morgan fingerprint density at radius 2 is 2.48 bits per heavy atom. The molecule has 1 N–H and O–H groups in total. The van der Waals surface area contributed by atoms with Gasteiger partial charge in [-0.2, -0.15) is 10.4 Å². The minimum absolute atomic E-state index is 0.165. The predicted molar refractivity (Wildman–Crippen MR) is 77.9 cm³/mol. The molecule has 0 radical (unpaired) electrons. The largest absolute Gasteiger partial charge is 0.308 e. The molecular weight excluding hydrogens is 288 g/mol. The summed E-state index contributed by atoms with van der Waals surface area (Å²) in [4.78, 5) is 16.3. The van der Waals surface area contributed by atoms with E-state index in [4.69, 9.17) is 0 Å². The first-order valence-corrected chi connectivity index (χ1v) is 7.58. The van der Waals surface area contributed by atoms with Gasteiger partial charge in [-0.1, -0.05) is 11.8 Å². The minimum Gasteiger partial charge on any atom is -0.308 e. The van der Waals surface area contributed by atoms with Gasteiger partial charge in [0.2, 0.25) is 5.91 Å². The third-order valence-corrected chi connectivity index (χ3v) is 4.13. The van der Waals surface area contributed by atoms with Crippen LogP contribution in [0, 0.1) is 18.3 Å². The van der Waals surface area contributed by atoms with E-state index in [1.165, 1.54) is 0 Å². The third-order valence-electron chi connectivity index (χ3n) is 3.17. The first kappa shape index (κ1) is 13.7. The minimum atomic E-state index is -0.165. The maximum atomic E-state index is 12.0. The van der Waals surface area contributed by atoms with Crippen molar-refractivity contribution in [1.82, 2.24) is 19.3 Å². The van der Waals surface area contributed by atoms with Crippen LogP contribution in [0.2, 0.25) is 0 Å². The molecule has 21 heavy (non-hydrogen) atoms. The lowest BCUT2D eigenvalue weighted by molar-refractivity contribution is -0.116. The highest BCUT2D eigenvalue weighted by atomic mass is 32.2. The summed E-state index contributed by atoms with van der Waals surface area (Å²) in [5, 5.41) is 16.9. The summed E-state index contributed by atoms with van der Waals surface area (Å²) < 4.78 is 3.57. The number of nitrogens with one attached hydrogen (secondary N) is 1. The zero-order valence-electron chi connectivity index (χ0n) is 11.5. The summed E-state index contributed by atoms with van der Waals surface area (Å²) in [6, 6.07) is 2.11. The number of aromatic nitrogens is 4. The number of hydrogen-bond acceptors (Lipinski definition) is 5. The van der Waals surface area contributed by atoms with Gasteiger partial charge in [0.1, 0.15) is 6.07 Å². The maximum Gasteiger partial charge on any atom is 0.227 e. The maximum absolute atomic E-state index is 12.0. The van der Waals surface area contributed by atoms with Crippen LogP contribution >= 0.6 is 11.8 Å². The molecule has 0 aromatic carbocycles. The number of amides is 1. The highest BCUT2D eigenvalue weighted by molar-refractivity contribution is 7.99. The molecule has 0 saturated heterocycles. The predicted octanol–water partition coefficient (Wildman–Crippen LogP) is 1.39. The Kier molecular flexibility index (Phi) is 3.66. The van der Waals surface area contributed by atoms with Crippen LogP contribution in [-0.2, 0) is 17.9 Å². The van der Waals surface area contributed by atoms with E-state index >= 15 is 0 Å². The molecule has 7 nitrogen and oxygen atoms in total. The second-order valence-electron chi connectivity index (χ2n) is 4.78. The number of thioether (sulfide) groups is 1. The van der Waals surface area contributed by atoms with Crippen molar-refractivity contribution in [3.8, 4) is 6.07 Å². The van der Waals surface area contributed by atoms with Gasteiger partial charge in [-0.3, -0.25) is 9.48 Å². The van der Waals surface area contributed by atoms with Gasteiger partial charge in [-0.25, -0.2) is 4.98 Å². The lowest BCUT2D eigenvalue weighted by atomic mass is 10.3. The lowest BCUT2D eigenvalue weighted by Gasteiger charge is -2.04. The van der Waals surface area contributed by atoms with Gasteiger partial charge < -0.3 is 9.88 Å². The first-order valence-electron chi connectivity index (χ1n) is 6.59. The number of imidazole rings is 1. The Bertz CT molecular complexity index is 726. The van der Waals surface area contributed by atoms with Gasteiger partial charge in [-0.05, 0) is 12.5 Å². The van der Waals surface area contributed by atoms with Crippen LogP contribution in [0.4, 0.5) is 5.82 Å². The normalized spacial score (nSPS) is 13.0. The van der Waals surface area contributed by atoms with E-state index < -0.39 is 0 Å². The molecular formula is C13H14N6OS. The van der Waals surface area contributed by atoms with E-state index in [1.807, 2.05) is 17.7 Å². The van der Waals surface area contributed by atoms with Gasteiger partial charge in [0.15, 0.2) is 16.7 Å². The summed E-state index contributed by atoms with van der Waals surface area (Å²) in [6.45, 7) is 3.22. The monoisotopic (exact) mass is 302 g/mol. The molecule has 8 heteroatoms. The topological polar surface area (TPSA) is 88.5 Å². The van der Waals surface area contributed by atoms with Gasteiger partial charge in [-0.15, -0.1) is 0 Å². The van der Waals surface area contributed by atoms with Crippen LogP contribution in [0.25, 0.3) is 0 Å². The van der Waals surface area contributed by atoms with Crippen molar-refractivity contribution in [2.75, 3.05) is 11.1 Å². The van der Waals surface area contributed by atoms with Crippen molar-refractivity contribution in [2.24, 2.45) is 0 Å². The Hall–Kier alpha value is -2.27. The molecule has 1 aliphatic rings. The van der Waals surface area contributed by atoms with E-state index in [0.717, 1.165) is 23.0 Å². The molecule has 0 aliphatic carbocycles. The summed E-state index contributed by atoms with van der Waals surface area (Å²) >= 11 is 1.59. The van der Waals surface area contributed by atoms with E-state index in [1.54, 1.807) is 22.6 Å². The molecule has 2 aromatic rings. The molecule has 0 bridgehead atoms. The average molecular weight is 302 g/mol. The fourth-order valence-corrected chi connectivity index (χ4v) is 3.13. The fraction of sp³-hybridized carbons (Fsp3) is 0.385. The number of hydrogen-bond donors (Lipinski definition) is 1. The second kappa shape index (κ2) is 5.61. The summed E-state index contributed by atoms with van der Waals surface area (Å²) in [5.74, 6) is 1.12. The molecule has 1 aliphatic heterocycles. The van der Waals surface area contributed by atoms with Gasteiger partial charge in [0, 0.05) is 31.5 Å². The molecule has 1 amide bonds. The number of carbonyl (C=O) groups excluding carboxylic acids is 1. The number of rotatable bonds is 4. The van der Waals surface area contributed by atoms with Crippen LogP contribution in [0.5, 0.6) is 0 Å². The van der Waals surface area contributed by atoms with Crippen LogP contribution in [-0.4, -0.2) is 31.0 Å². The smallest absolute Gasteiger partial charge is 0.227 e. The van der Waals surface area contributed by atoms with Crippen molar-refractivity contribution in [3.63, 3.8) is 0 Å². The number of carbonyl (C=O) groups is 1. The van der Waals surface area contributed by atoms with Crippen molar-refractivity contribution >= 4 is 23.5 Å². The molecule has 0 atom stereocenters. The molecule has 3 heterocycles. The standard InChI is InChI=1S/C13H14N6OS/c1-9-7-15-18(8-9)3-2-11(20)16-12-10(6-14)19-4-5-21-13(19)17-12/h7-8H,2-5H2,1H3,(H,16,20). The van der Waals surface area contributed by atoms with Crippen LogP contribution < -0.4 is 5.32 Å². The van der Waals surface area contributed by atoms with E-state index in [9.17, 15) is 10.1 Å². The Labute approximate surface area is 126 Å². The van der Waals surface area contributed by atoms with Gasteiger partial charge in [0.05, 0.1) is 6.20 Å². The molecule has 0 fully saturated rings. The van der Waals surface area contributed by atoms with Gasteiger partial charge >= 0.3 is 0 Å². The van der Waals surface area contributed by atoms with Crippen molar-refractivity contribution in [1.29, 1.82) is 5.26 Å². The van der Waals surface area contributed by atoms with Crippen LogP contribution in [0.3, 0.4) is 0 Å². The number of fused-ring (bicyclic) bond motifs is 1. The highest BCUT2D eigenvalue weighted by Crippen LogP contribution is 2.30. The lowest BCUT2D eigenvalue weighted by Crippen LogP contribution is -2.16. The molecule has 2 aromatic heterocycles. The molecule has 0 saturated carbocycles. The SMILES string of the molecule is Cc1cnn(CCC(=O)Nc2nc3n(c2C#N)CCS3)c1. The van der Waals surface area contributed by atoms with E-state index in [-0.39, 0.29) is 5.91 Å². The number of nitriles is 1. The number of anilines is 1. The summed E-state index contributed by atoms with van der Waals surface area (Å²) in [7, 11) is 0. The number of aryl methyl sites for hydroxylation is 2. The van der Waals surface area contributed by atoms with Crippen LogP contribution in [0.1, 0.15) is 17.7 Å². The quantitative estimate of drug-likeness (QED) is 0.922. The second-order valence-corrected chi connectivity index (χ2v) is 5.84. The van der Waals surface area contributed by atoms with Crippen LogP contribution in [0.15, 0.2) is 17.6 Å². The molecule has 108 valence electrons. The zero-order valence-corrected chi connectivity index (χ0v) is 12.4. The summed E-state index contributed by atoms with van der Waals surface area (Å²) in [5.41, 5.74) is 1.49. The first-order chi connectivity index (χ1) is 10.2. The zero-order chi connectivity index (χ0) is 14.8. The van der Waals surface area contributed by atoms with Crippen molar-refractivity contribution < 1.29 is 4.79 Å². The Morgan fingerprint density at radius 1 is 1.62 bits per heavy atom. The number of nitrogens with zero attached hydrogens (tertiary/aromatic N) is 5. The molecule has 3 rings (SSSR count). The van der Waals surface area contributed by atoms with Gasteiger partial charge in [0.25, 0.3) is 0 Å². The highest BCUT2D eigenvalue weighted by Gasteiger charge is 2.22. The summed E-state index contributed by atoms with van der Waals surface area (Å²) in [6.07, 6.45) is 3.93. The Morgan fingerprint density at radius 3 is 3.19 bits per heavy atom. The van der Waals surface area contributed by atoms with E-state index in [2.05, 4.69) is 21.5 Å². The van der Waals surface area contributed by atoms with E-state index in [0.29, 0.717) is 24.5 Å². The molecule has 0 unspecified atom stereocenters. The molecule has 0 spiro atoms. The Balaban J connectivity index is 1.64.